The van der Waals surface area contributed by atoms with Gasteiger partial charge in [-0.1, -0.05) is 20.8 Å². The number of likely N-dealkylation sites (N-methyl/N-ethyl adjacent to an activating group) is 1. The van der Waals surface area contributed by atoms with Crippen molar-refractivity contribution in [2.75, 3.05) is 20.2 Å². The fourth-order valence-corrected chi connectivity index (χ4v) is 3.68. The minimum Gasteiger partial charge on any atom is -0.468 e. The number of rotatable bonds is 7. The van der Waals surface area contributed by atoms with Crippen molar-refractivity contribution in [2.45, 2.75) is 70.5 Å². The third-order valence-corrected chi connectivity index (χ3v) is 4.64. The molecule has 0 saturated heterocycles. The van der Waals surface area contributed by atoms with E-state index in [-0.39, 0.29) is 5.97 Å². The van der Waals surface area contributed by atoms with E-state index in [2.05, 4.69) is 31.0 Å². The van der Waals surface area contributed by atoms with Gasteiger partial charge < -0.3 is 10.1 Å². The maximum Gasteiger partial charge on any atom is 0.326 e. The van der Waals surface area contributed by atoms with Crippen LogP contribution in [0.5, 0.6) is 0 Å². The summed E-state index contributed by atoms with van der Waals surface area (Å²) in [6.07, 6.45) is 5.56. The van der Waals surface area contributed by atoms with Crippen LogP contribution in [0.3, 0.4) is 0 Å². The Hall–Kier alpha value is -0.610. The first-order valence-electron chi connectivity index (χ1n) is 8.11. The van der Waals surface area contributed by atoms with E-state index in [9.17, 15) is 4.79 Å². The van der Waals surface area contributed by atoms with Gasteiger partial charge in [-0.25, -0.2) is 0 Å². The third-order valence-electron chi connectivity index (χ3n) is 4.64. The fourth-order valence-electron chi connectivity index (χ4n) is 3.68. The number of carbonyl (C=O) groups excluding carboxylic acids is 1. The van der Waals surface area contributed by atoms with Gasteiger partial charge in [0.25, 0.3) is 0 Å². The number of ether oxygens (including phenoxy) is 1. The molecule has 0 spiro atoms. The van der Waals surface area contributed by atoms with Gasteiger partial charge in [-0.2, -0.15) is 0 Å². The van der Waals surface area contributed by atoms with E-state index in [0.29, 0.717) is 12.0 Å². The van der Waals surface area contributed by atoms with E-state index in [1.54, 1.807) is 0 Å². The maximum absolute atomic E-state index is 12.2. The van der Waals surface area contributed by atoms with Crippen LogP contribution in [0.1, 0.15) is 52.9 Å². The highest BCUT2D eigenvalue weighted by atomic mass is 16.5. The average molecular weight is 282 g/mol. The lowest BCUT2D eigenvalue weighted by molar-refractivity contribution is -0.148. The van der Waals surface area contributed by atoms with Crippen molar-refractivity contribution in [3.8, 4) is 0 Å². The molecule has 2 unspecified atom stereocenters. The molecule has 0 radical (unpaired) electrons. The summed E-state index contributed by atoms with van der Waals surface area (Å²) in [5.41, 5.74) is -0.446. The molecule has 116 valence electrons. The molecule has 0 bridgehead atoms. The fraction of sp³-hybridized carbons (Fsp3) is 0.938. The first-order chi connectivity index (χ1) is 9.52. The van der Waals surface area contributed by atoms with Crippen molar-refractivity contribution in [2.24, 2.45) is 5.92 Å². The molecule has 2 saturated carbocycles. The van der Waals surface area contributed by atoms with Crippen LogP contribution in [-0.2, 0) is 9.53 Å². The van der Waals surface area contributed by atoms with Crippen molar-refractivity contribution in [1.82, 2.24) is 10.2 Å². The van der Waals surface area contributed by atoms with Crippen molar-refractivity contribution >= 4 is 5.97 Å². The first kappa shape index (κ1) is 15.8. The summed E-state index contributed by atoms with van der Waals surface area (Å²) >= 11 is 0. The molecule has 4 heteroatoms. The lowest BCUT2D eigenvalue weighted by Crippen LogP contribution is -2.52. The van der Waals surface area contributed by atoms with Crippen LogP contribution in [-0.4, -0.2) is 48.7 Å². The average Bonchev–Trinajstić information content (AvgIpc) is 3.16. The van der Waals surface area contributed by atoms with E-state index in [1.807, 2.05) is 0 Å². The van der Waals surface area contributed by atoms with E-state index < -0.39 is 5.54 Å². The minimum absolute atomic E-state index is 0.0813. The Morgan fingerprint density at radius 3 is 2.55 bits per heavy atom. The molecule has 4 nitrogen and oxygen atoms in total. The molecule has 2 aliphatic rings. The molecule has 0 heterocycles. The minimum atomic E-state index is -0.446. The molecule has 2 atom stereocenters. The van der Waals surface area contributed by atoms with Crippen molar-refractivity contribution in [1.29, 1.82) is 0 Å². The Kier molecular flexibility index (Phi) is 5.08. The van der Waals surface area contributed by atoms with Gasteiger partial charge in [-0.05, 0) is 44.6 Å². The molecular formula is C16H30N2O2. The number of carbonyl (C=O) groups is 1. The largest absolute Gasteiger partial charge is 0.468 e. The lowest BCUT2D eigenvalue weighted by Gasteiger charge is -2.33. The van der Waals surface area contributed by atoms with E-state index in [4.69, 9.17) is 4.74 Å². The standard InChI is InChI=1S/C16H30N2O2/c1-5-17-16(15(19)20-4)9-8-14(10-16)18(11-12(2)3)13-6-7-13/h12-14,17H,5-11H2,1-4H3. The molecule has 0 aliphatic heterocycles. The second-order valence-electron chi connectivity index (χ2n) is 6.82. The maximum atomic E-state index is 12.2. The second kappa shape index (κ2) is 6.44. The van der Waals surface area contributed by atoms with Crippen LogP contribution < -0.4 is 5.32 Å². The summed E-state index contributed by atoms with van der Waals surface area (Å²) in [7, 11) is 1.50. The van der Waals surface area contributed by atoms with E-state index in [1.165, 1.54) is 20.0 Å². The SMILES string of the molecule is CCNC1(C(=O)OC)CCC(N(CC(C)C)C2CC2)C1. The Bertz CT molecular complexity index is 341. The summed E-state index contributed by atoms with van der Waals surface area (Å²) in [6.45, 7) is 8.59. The smallest absolute Gasteiger partial charge is 0.326 e. The van der Waals surface area contributed by atoms with Gasteiger partial charge in [0.1, 0.15) is 5.54 Å². The Labute approximate surface area is 123 Å². The third kappa shape index (κ3) is 3.34. The predicted octanol–water partition coefficient (Wildman–Crippen LogP) is 2.18. The van der Waals surface area contributed by atoms with Crippen molar-refractivity contribution in [3.05, 3.63) is 0 Å². The van der Waals surface area contributed by atoms with Crippen LogP contribution in [0.2, 0.25) is 0 Å². The highest BCUT2D eigenvalue weighted by Crippen LogP contribution is 2.39. The molecular weight excluding hydrogens is 252 g/mol. The second-order valence-corrected chi connectivity index (χ2v) is 6.82. The Morgan fingerprint density at radius 2 is 2.05 bits per heavy atom. The summed E-state index contributed by atoms with van der Waals surface area (Å²) in [6, 6.07) is 1.29. The Balaban J connectivity index is 2.05. The van der Waals surface area contributed by atoms with Crippen molar-refractivity contribution < 1.29 is 9.53 Å². The van der Waals surface area contributed by atoms with Gasteiger partial charge in [0.05, 0.1) is 7.11 Å². The van der Waals surface area contributed by atoms with E-state index in [0.717, 1.165) is 38.4 Å². The van der Waals surface area contributed by atoms with Crippen LogP contribution in [0.25, 0.3) is 0 Å². The molecule has 0 aromatic carbocycles. The number of nitrogens with zero attached hydrogens (tertiary/aromatic N) is 1. The zero-order valence-corrected chi connectivity index (χ0v) is 13.4. The number of methoxy groups -OCH3 is 1. The molecule has 0 amide bonds. The van der Waals surface area contributed by atoms with Gasteiger partial charge in [0.15, 0.2) is 0 Å². The molecule has 20 heavy (non-hydrogen) atoms. The molecule has 2 aliphatic carbocycles. The molecule has 0 aromatic rings. The molecule has 2 rings (SSSR count). The molecule has 0 aromatic heterocycles. The van der Waals surface area contributed by atoms with Gasteiger partial charge in [0, 0.05) is 18.6 Å². The zero-order chi connectivity index (χ0) is 14.8. The molecule has 1 N–H and O–H groups in total. The first-order valence-corrected chi connectivity index (χ1v) is 8.11. The number of nitrogens with one attached hydrogen (secondary N) is 1. The van der Waals surface area contributed by atoms with Crippen LogP contribution in [0.15, 0.2) is 0 Å². The highest BCUT2D eigenvalue weighted by molar-refractivity contribution is 5.81. The lowest BCUT2D eigenvalue weighted by atomic mass is 9.97. The molecule has 2 fully saturated rings. The normalized spacial score (nSPS) is 30.2. The Morgan fingerprint density at radius 1 is 1.35 bits per heavy atom. The summed E-state index contributed by atoms with van der Waals surface area (Å²) in [5.74, 6) is 0.602. The number of hydrogen-bond acceptors (Lipinski definition) is 4. The van der Waals surface area contributed by atoms with Gasteiger partial charge >= 0.3 is 5.97 Å². The van der Waals surface area contributed by atoms with Crippen LogP contribution >= 0.6 is 0 Å². The van der Waals surface area contributed by atoms with Crippen molar-refractivity contribution in [3.63, 3.8) is 0 Å². The van der Waals surface area contributed by atoms with Crippen LogP contribution in [0, 0.1) is 5.92 Å². The number of esters is 1. The van der Waals surface area contributed by atoms with Gasteiger partial charge in [0.2, 0.25) is 0 Å². The summed E-state index contributed by atoms with van der Waals surface area (Å²) < 4.78 is 5.06. The van der Waals surface area contributed by atoms with Gasteiger partial charge in [-0.15, -0.1) is 0 Å². The van der Waals surface area contributed by atoms with Gasteiger partial charge in [-0.3, -0.25) is 9.69 Å². The zero-order valence-electron chi connectivity index (χ0n) is 13.4. The summed E-state index contributed by atoms with van der Waals surface area (Å²) in [5, 5.41) is 3.40. The predicted molar refractivity (Wildman–Crippen MR) is 80.6 cm³/mol. The monoisotopic (exact) mass is 282 g/mol. The van der Waals surface area contributed by atoms with E-state index >= 15 is 0 Å². The number of hydrogen-bond donors (Lipinski definition) is 1. The van der Waals surface area contributed by atoms with Crippen LogP contribution in [0.4, 0.5) is 0 Å². The quantitative estimate of drug-likeness (QED) is 0.727. The highest BCUT2D eigenvalue weighted by Gasteiger charge is 2.49. The topological polar surface area (TPSA) is 41.6 Å². The summed E-state index contributed by atoms with van der Waals surface area (Å²) in [4.78, 5) is 14.9.